The molecule has 5 nitrogen and oxygen atoms in total. The third-order valence-electron chi connectivity index (χ3n) is 4.65. The summed E-state index contributed by atoms with van der Waals surface area (Å²) in [6, 6.07) is 1.04. The zero-order chi connectivity index (χ0) is 14.7. The van der Waals surface area contributed by atoms with Gasteiger partial charge >= 0.3 is 0 Å². The lowest BCUT2D eigenvalue weighted by Gasteiger charge is -2.41. The lowest BCUT2D eigenvalue weighted by atomic mass is 9.95. The van der Waals surface area contributed by atoms with Gasteiger partial charge in [0.25, 0.3) is 0 Å². The number of aromatic nitrogens is 2. The highest BCUT2D eigenvalue weighted by Gasteiger charge is 2.30. The standard InChI is InChI=1S/C15H29N5/c1-5-14(16)15(12-10-17-19(3)11-12)20(4)13-6-8-18(2)9-7-13/h10-11,13-15H,5-9,16H2,1-4H3. The number of nitrogens with two attached hydrogens (primary N) is 1. The summed E-state index contributed by atoms with van der Waals surface area (Å²) >= 11 is 0. The number of hydrogen-bond donors (Lipinski definition) is 1. The predicted octanol–water partition coefficient (Wildman–Crippen LogP) is 1.22. The Morgan fingerprint density at radius 1 is 1.40 bits per heavy atom. The molecule has 114 valence electrons. The predicted molar refractivity (Wildman–Crippen MR) is 82.5 cm³/mol. The molecule has 1 fully saturated rings. The molecule has 2 N–H and O–H groups in total. The van der Waals surface area contributed by atoms with Gasteiger partial charge in [0.15, 0.2) is 0 Å². The minimum atomic E-state index is 0.156. The average molecular weight is 279 g/mol. The Labute approximate surface area is 122 Å². The van der Waals surface area contributed by atoms with Crippen LogP contribution in [0.3, 0.4) is 0 Å². The summed E-state index contributed by atoms with van der Waals surface area (Å²) in [5, 5.41) is 4.32. The molecule has 0 saturated carbocycles. The highest BCUT2D eigenvalue weighted by atomic mass is 15.3. The molecule has 0 bridgehead atoms. The molecular formula is C15H29N5. The quantitative estimate of drug-likeness (QED) is 0.880. The number of rotatable bonds is 5. The van der Waals surface area contributed by atoms with Crippen molar-refractivity contribution in [1.29, 1.82) is 0 Å². The third kappa shape index (κ3) is 3.40. The van der Waals surface area contributed by atoms with Crippen LogP contribution in [0.5, 0.6) is 0 Å². The molecule has 1 aromatic heterocycles. The topological polar surface area (TPSA) is 50.3 Å². The van der Waals surface area contributed by atoms with Gasteiger partial charge in [0.2, 0.25) is 0 Å². The highest BCUT2D eigenvalue weighted by molar-refractivity contribution is 5.14. The molecule has 1 aromatic rings. The molecule has 2 atom stereocenters. The molecule has 1 aliphatic rings. The Kier molecular flexibility index (Phi) is 5.18. The number of nitrogens with zero attached hydrogens (tertiary/aromatic N) is 4. The van der Waals surface area contributed by atoms with Crippen LogP contribution >= 0.6 is 0 Å². The van der Waals surface area contributed by atoms with E-state index in [1.807, 2.05) is 17.9 Å². The molecule has 2 rings (SSSR count). The molecular weight excluding hydrogens is 250 g/mol. The number of piperidine rings is 1. The second kappa shape index (κ2) is 6.70. The van der Waals surface area contributed by atoms with Crippen molar-refractivity contribution in [3.8, 4) is 0 Å². The van der Waals surface area contributed by atoms with Crippen LogP contribution < -0.4 is 5.73 Å². The summed E-state index contributed by atoms with van der Waals surface area (Å²) in [4.78, 5) is 4.89. The van der Waals surface area contributed by atoms with Crippen LogP contribution in [0.15, 0.2) is 12.4 Å². The van der Waals surface area contributed by atoms with Crippen molar-refractivity contribution in [1.82, 2.24) is 19.6 Å². The Balaban J connectivity index is 2.14. The lowest BCUT2D eigenvalue weighted by molar-refractivity contribution is 0.0934. The number of likely N-dealkylation sites (tertiary alicyclic amines) is 1. The van der Waals surface area contributed by atoms with Crippen LogP contribution in [-0.2, 0) is 7.05 Å². The molecule has 1 aliphatic heterocycles. The van der Waals surface area contributed by atoms with E-state index in [4.69, 9.17) is 5.73 Å². The van der Waals surface area contributed by atoms with Gasteiger partial charge in [-0.15, -0.1) is 0 Å². The Morgan fingerprint density at radius 3 is 2.55 bits per heavy atom. The van der Waals surface area contributed by atoms with Crippen molar-refractivity contribution in [2.75, 3.05) is 27.2 Å². The van der Waals surface area contributed by atoms with Crippen molar-refractivity contribution < 1.29 is 0 Å². The summed E-state index contributed by atoms with van der Waals surface area (Å²) < 4.78 is 1.87. The first kappa shape index (κ1) is 15.5. The van der Waals surface area contributed by atoms with Gasteiger partial charge in [0.05, 0.1) is 12.2 Å². The first-order valence-corrected chi connectivity index (χ1v) is 7.67. The van der Waals surface area contributed by atoms with Crippen LogP contribution in [0.4, 0.5) is 0 Å². The van der Waals surface area contributed by atoms with E-state index < -0.39 is 0 Å². The number of aryl methyl sites for hydroxylation is 1. The first-order chi connectivity index (χ1) is 9.52. The summed E-state index contributed by atoms with van der Waals surface area (Å²) in [6.45, 7) is 4.52. The van der Waals surface area contributed by atoms with Gasteiger partial charge in [-0.1, -0.05) is 6.92 Å². The van der Waals surface area contributed by atoms with Gasteiger partial charge in [0, 0.05) is 30.9 Å². The highest BCUT2D eigenvalue weighted by Crippen LogP contribution is 2.28. The maximum absolute atomic E-state index is 6.40. The van der Waals surface area contributed by atoms with E-state index in [0.717, 1.165) is 6.42 Å². The van der Waals surface area contributed by atoms with Crippen LogP contribution in [0, 0.1) is 0 Å². The van der Waals surface area contributed by atoms with Crippen molar-refractivity contribution in [3.05, 3.63) is 18.0 Å². The summed E-state index contributed by atoms with van der Waals surface area (Å²) in [5.74, 6) is 0. The smallest absolute Gasteiger partial charge is 0.0538 e. The molecule has 2 heterocycles. The normalized spacial score (nSPS) is 21.3. The van der Waals surface area contributed by atoms with Crippen LogP contribution in [-0.4, -0.2) is 58.8 Å². The van der Waals surface area contributed by atoms with E-state index in [1.54, 1.807) is 0 Å². The molecule has 1 saturated heterocycles. The Morgan fingerprint density at radius 2 is 2.05 bits per heavy atom. The van der Waals surface area contributed by atoms with E-state index >= 15 is 0 Å². The third-order valence-corrected chi connectivity index (χ3v) is 4.65. The van der Waals surface area contributed by atoms with E-state index in [0.29, 0.717) is 6.04 Å². The van der Waals surface area contributed by atoms with Crippen molar-refractivity contribution in [3.63, 3.8) is 0 Å². The molecule has 2 unspecified atom stereocenters. The maximum Gasteiger partial charge on any atom is 0.0538 e. The number of hydrogen-bond acceptors (Lipinski definition) is 4. The summed E-state index contributed by atoms with van der Waals surface area (Å²) in [7, 11) is 6.39. The zero-order valence-corrected chi connectivity index (χ0v) is 13.3. The van der Waals surface area contributed by atoms with E-state index in [1.165, 1.54) is 31.5 Å². The lowest BCUT2D eigenvalue weighted by Crippen LogP contribution is -2.47. The van der Waals surface area contributed by atoms with Crippen LogP contribution in [0.1, 0.15) is 37.8 Å². The molecule has 0 amide bonds. The molecule has 0 aliphatic carbocycles. The average Bonchev–Trinajstić information content (AvgIpc) is 2.85. The summed E-state index contributed by atoms with van der Waals surface area (Å²) in [6.07, 6.45) is 7.49. The van der Waals surface area contributed by atoms with E-state index in [9.17, 15) is 0 Å². The van der Waals surface area contributed by atoms with Crippen molar-refractivity contribution in [2.24, 2.45) is 12.8 Å². The van der Waals surface area contributed by atoms with Gasteiger partial charge < -0.3 is 10.6 Å². The van der Waals surface area contributed by atoms with Crippen molar-refractivity contribution >= 4 is 0 Å². The second-order valence-corrected chi connectivity index (χ2v) is 6.16. The largest absolute Gasteiger partial charge is 0.326 e. The second-order valence-electron chi connectivity index (χ2n) is 6.16. The molecule has 0 spiro atoms. The fourth-order valence-electron chi connectivity index (χ4n) is 3.23. The Hall–Kier alpha value is -0.910. The fourth-order valence-corrected chi connectivity index (χ4v) is 3.23. The monoisotopic (exact) mass is 279 g/mol. The SMILES string of the molecule is CCC(N)C(c1cnn(C)c1)N(C)C1CCN(C)CC1. The van der Waals surface area contributed by atoms with E-state index in [2.05, 4.69) is 42.1 Å². The zero-order valence-electron chi connectivity index (χ0n) is 13.3. The molecule has 20 heavy (non-hydrogen) atoms. The van der Waals surface area contributed by atoms with Gasteiger partial charge in [-0.2, -0.15) is 5.10 Å². The maximum atomic E-state index is 6.40. The van der Waals surface area contributed by atoms with Crippen LogP contribution in [0.2, 0.25) is 0 Å². The van der Waals surface area contributed by atoms with E-state index in [-0.39, 0.29) is 12.1 Å². The molecule has 0 radical (unpaired) electrons. The van der Waals surface area contributed by atoms with Gasteiger partial charge in [-0.05, 0) is 46.4 Å². The van der Waals surface area contributed by atoms with Crippen molar-refractivity contribution in [2.45, 2.75) is 44.3 Å². The summed E-state index contributed by atoms with van der Waals surface area (Å²) in [5.41, 5.74) is 7.64. The Bertz CT molecular complexity index is 408. The van der Waals surface area contributed by atoms with Crippen LogP contribution in [0.25, 0.3) is 0 Å². The van der Waals surface area contributed by atoms with Gasteiger partial charge in [0.1, 0.15) is 0 Å². The van der Waals surface area contributed by atoms with Gasteiger partial charge in [-0.3, -0.25) is 9.58 Å². The number of likely N-dealkylation sites (N-methyl/N-ethyl adjacent to an activating group) is 1. The minimum absolute atomic E-state index is 0.156. The minimum Gasteiger partial charge on any atom is -0.326 e. The van der Waals surface area contributed by atoms with Gasteiger partial charge in [-0.25, -0.2) is 0 Å². The first-order valence-electron chi connectivity index (χ1n) is 7.67. The molecule has 5 heteroatoms. The molecule has 0 aromatic carbocycles. The fraction of sp³-hybridized carbons (Fsp3) is 0.800.